The number of carbonyl (C=O) groups excluding carboxylic acids is 1. The molecule has 0 bridgehead atoms. The summed E-state index contributed by atoms with van der Waals surface area (Å²) in [5, 5.41) is 0. The van der Waals surface area contributed by atoms with E-state index >= 15 is 0 Å². The second kappa shape index (κ2) is 3.72. The zero-order valence-corrected chi connectivity index (χ0v) is 7.05. The second-order valence-electron chi connectivity index (χ2n) is 3.17. The van der Waals surface area contributed by atoms with Crippen molar-refractivity contribution in [3.05, 3.63) is 0 Å². The molecule has 3 heteroatoms. The van der Waals surface area contributed by atoms with E-state index in [1.165, 1.54) is 19.3 Å². The lowest BCUT2D eigenvalue weighted by atomic mass is 10.1. The van der Waals surface area contributed by atoms with Crippen LogP contribution in [0.3, 0.4) is 0 Å². The summed E-state index contributed by atoms with van der Waals surface area (Å²) in [6.45, 7) is 3.95. The summed E-state index contributed by atoms with van der Waals surface area (Å²) in [5.41, 5.74) is 5.19. The second-order valence-corrected chi connectivity index (χ2v) is 3.17. The molecule has 1 amide bonds. The van der Waals surface area contributed by atoms with Crippen LogP contribution in [-0.4, -0.2) is 29.9 Å². The van der Waals surface area contributed by atoms with Crippen molar-refractivity contribution in [2.75, 3.05) is 13.1 Å². The highest BCUT2D eigenvalue weighted by molar-refractivity contribution is 5.79. The zero-order chi connectivity index (χ0) is 8.27. The van der Waals surface area contributed by atoms with Gasteiger partial charge in [-0.2, -0.15) is 0 Å². The van der Waals surface area contributed by atoms with Crippen molar-refractivity contribution in [3.8, 4) is 0 Å². The Balaban J connectivity index is 2.38. The number of carbonyl (C=O) groups is 1. The van der Waals surface area contributed by atoms with E-state index in [4.69, 9.17) is 5.73 Å². The SMILES string of the molecule is C[C@@H](C(N)=O)N1CCCCC1. The fraction of sp³-hybridized carbons (Fsp3) is 0.875. The molecule has 0 aromatic rings. The first kappa shape index (κ1) is 8.53. The number of nitrogens with two attached hydrogens (primary N) is 1. The monoisotopic (exact) mass is 156 g/mol. The molecule has 1 atom stereocenters. The maximum absolute atomic E-state index is 10.8. The summed E-state index contributed by atoms with van der Waals surface area (Å²) < 4.78 is 0. The van der Waals surface area contributed by atoms with Crippen molar-refractivity contribution in [2.24, 2.45) is 5.73 Å². The van der Waals surface area contributed by atoms with Gasteiger partial charge in [0.05, 0.1) is 6.04 Å². The zero-order valence-electron chi connectivity index (χ0n) is 7.05. The third-order valence-electron chi connectivity index (χ3n) is 2.35. The first-order valence-electron chi connectivity index (χ1n) is 4.25. The number of amides is 1. The van der Waals surface area contributed by atoms with Crippen LogP contribution in [0.25, 0.3) is 0 Å². The van der Waals surface area contributed by atoms with E-state index < -0.39 is 0 Å². The smallest absolute Gasteiger partial charge is 0.234 e. The number of piperidine rings is 1. The minimum atomic E-state index is -0.202. The molecule has 2 N–H and O–H groups in total. The molecule has 1 saturated heterocycles. The molecule has 0 spiro atoms. The Labute approximate surface area is 67.5 Å². The first-order chi connectivity index (χ1) is 5.22. The summed E-state index contributed by atoms with van der Waals surface area (Å²) >= 11 is 0. The van der Waals surface area contributed by atoms with Crippen LogP contribution in [-0.2, 0) is 4.79 Å². The Morgan fingerprint density at radius 1 is 1.36 bits per heavy atom. The van der Waals surface area contributed by atoms with E-state index in [0.717, 1.165) is 13.1 Å². The van der Waals surface area contributed by atoms with Crippen molar-refractivity contribution in [2.45, 2.75) is 32.2 Å². The normalized spacial score (nSPS) is 23.0. The van der Waals surface area contributed by atoms with Gasteiger partial charge in [0.2, 0.25) is 5.91 Å². The average molecular weight is 156 g/mol. The Kier molecular flexibility index (Phi) is 2.88. The minimum Gasteiger partial charge on any atom is -0.368 e. The molecule has 0 aromatic heterocycles. The molecule has 0 saturated carbocycles. The van der Waals surface area contributed by atoms with Crippen LogP contribution in [0, 0.1) is 0 Å². The van der Waals surface area contributed by atoms with Gasteiger partial charge in [0.25, 0.3) is 0 Å². The minimum absolute atomic E-state index is 0.0738. The summed E-state index contributed by atoms with van der Waals surface area (Å²) in [5.74, 6) is -0.202. The molecule has 0 unspecified atom stereocenters. The third-order valence-corrected chi connectivity index (χ3v) is 2.35. The Bertz CT molecular complexity index is 141. The van der Waals surface area contributed by atoms with Gasteiger partial charge < -0.3 is 5.73 Å². The molecule has 1 rings (SSSR count). The van der Waals surface area contributed by atoms with E-state index in [1.54, 1.807) is 0 Å². The van der Waals surface area contributed by atoms with Crippen molar-refractivity contribution in [3.63, 3.8) is 0 Å². The lowest BCUT2D eigenvalue weighted by Gasteiger charge is -2.30. The molecule has 0 radical (unpaired) electrons. The topological polar surface area (TPSA) is 46.3 Å². The molecular formula is C8H16N2O. The Morgan fingerprint density at radius 3 is 2.36 bits per heavy atom. The van der Waals surface area contributed by atoms with Gasteiger partial charge in [-0.15, -0.1) is 0 Å². The molecule has 0 aromatic carbocycles. The van der Waals surface area contributed by atoms with E-state index in [1.807, 2.05) is 6.92 Å². The van der Waals surface area contributed by atoms with E-state index in [-0.39, 0.29) is 11.9 Å². The van der Waals surface area contributed by atoms with Gasteiger partial charge in [0, 0.05) is 0 Å². The number of hydrogen-bond donors (Lipinski definition) is 1. The first-order valence-corrected chi connectivity index (χ1v) is 4.25. The highest BCUT2D eigenvalue weighted by Gasteiger charge is 2.19. The standard InChI is InChI=1S/C8H16N2O/c1-7(8(9)11)10-5-3-2-4-6-10/h7H,2-6H2,1H3,(H2,9,11)/t7-/m0/s1. The maximum Gasteiger partial charge on any atom is 0.234 e. The van der Waals surface area contributed by atoms with E-state index in [0.29, 0.717) is 0 Å². The van der Waals surface area contributed by atoms with Gasteiger partial charge in [-0.25, -0.2) is 0 Å². The van der Waals surface area contributed by atoms with E-state index in [2.05, 4.69) is 4.90 Å². The lowest BCUT2D eigenvalue weighted by Crippen LogP contribution is -2.45. The molecule has 11 heavy (non-hydrogen) atoms. The number of nitrogens with zero attached hydrogens (tertiary/aromatic N) is 1. The van der Waals surface area contributed by atoms with Crippen LogP contribution < -0.4 is 5.73 Å². The number of rotatable bonds is 2. The van der Waals surface area contributed by atoms with Gasteiger partial charge in [0.15, 0.2) is 0 Å². The van der Waals surface area contributed by atoms with Crippen molar-refractivity contribution in [1.29, 1.82) is 0 Å². The molecule has 3 nitrogen and oxygen atoms in total. The molecule has 1 heterocycles. The molecular weight excluding hydrogens is 140 g/mol. The van der Waals surface area contributed by atoms with Crippen LogP contribution in [0.1, 0.15) is 26.2 Å². The fourth-order valence-electron chi connectivity index (χ4n) is 1.49. The Hall–Kier alpha value is -0.570. The highest BCUT2D eigenvalue weighted by Crippen LogP contribution is 2.11. The molecule has 1 fully saturated rings. The largest absolute Gasteiger partial charge is 0.368 e. The summed E-state index contributed by atoms with van der Waals surface area (Å²) in [7, 11) is 0. The van der Waals surface area contributed by atoms with Gasteiger partial charge in [-0.3, -0.25) is 9.69 Å². The number of primary amides is 1. The van der Waals surface area contributed by atoms with Crippen LogP contribution in [0.15, 0.2) is 0 Å². The third kappa shape index (κ3) is 2.19. The number of likely N-dealkylation sites (tertiary alicyclic amines) is 1. The van der Waals surface area contributed by atoms with Crippen molar-refractivity contribution >= 4 is 5.91 Å². The maximum atomic E-state index is 10.8. The van der Waals surface area contributed by atoms with Crippen LogP contribution >= 0.6 is 0 Å². The van der Waals surface area contributed by atoms with Crippen LogP contribution in [0.5, 0.6) is 0 Å². The van der Waals surface area contributed by atoms with Gasteiger partial charge in [-0.05, 0) is 32.9 Å². The molecule has 64 valence electrons. The van der Waals surface area contributed by atoms with Crippen LogP contribution in [0.4, 0.5) is 0 Å². The number of hydrogen-bond acceptors (Lipinski definition) is 2. The highest BCUT2D eigenvalue weighted by atomic mass is 16.1. The predicted molar refractivity (Wildman–Crippen MR) is 44.1 cm³/mol. The summed E-state index contributed by atoms with van der Waals surface area (Å²) in [6.07, 6.45) is 3.71. The summed E-state index contributed by atoms with van der Waals surface area (Å²) in [6, 6.07) is -0.0738. The van der Waals surface area contributed by atoms with E-state index in [9.17, 15) is 4.79 Å². The predicted octanol–water partition coefficient (Wildman–Crippen LogP) is 0.346. The quantitative estimate of drug-likeness (QED) is 0.627. The van der Waals surface area contributed by atoms with Gasteiger partial charge in [-0.1, -0.05) is 6.42 Å². The lowest BCUT2D eigenvalue weighted by molar-refractivity contribution is -0.123. The van der Waals surface area contributed by atoms with Gasteiger partial charge in [0.1, 0.15) is 0 Å². The average Bonchev–Trinajstić information content (AvgIpc) is 2.05. The van der Waals surface area contributed by atoms with Crippen LogP contribution in [0.2, 0.25) is 0 Å². The fourth-order valence-corrected chi connectivity index (χ4v) is 1.49. The van der Waals surface area contributed by atoms with Crippen molar-refractivity contribution in [1.82, 2.24) is 4.90 Å². The summed E-state index contributed by atoms with van der Waals surface area (Å²) in [4.78, 5) is 12.9. The Morgan fingerprint density at radius 2 is 1.91 bits per heavy atom. The van der Waals surface area contributed by atoms with Gasteiger partial charge >= 0.3 is 0 Å². The molecule has 1 aliphatic heterocycles. The van der Waals surface area contributed by atoms with Crippen molar-refractivity contribution < 1.29 is 4.79 Å². The molecule has 0 aliphatic carbocycles. The molecule has 1 aliphatic rings.